The summed E-state index contributed by atoms with van der Waals surface area (Å²) in [6.07, 6.45) is 0. The van der Waals surface area contributed by atoms with Crippen molar-refractivity contribution in [2.24, 2.45) is 0 Å². The minimum atomic E-state index is -0.833. The van der Waals surface area contributed by atoms with Crippen LogP contribution in [0, 0.1) is 0 Å². The molecule has 1 rings (SSSR count). The largest absolute Gasteiger partial charge is 0.481 e. The van der Waals surface area contributed by atoms with Gasteiger partial charge in [0.15, 0.2) is 23.0 Å². The quantitative estimate of drug-likeness (QED) is 0.804. The van der Waals surface area contributed by atoms with Crippen molar-refractivity contribution in [3.8, 4) is 5.75 Å². The molecule has 0 aliphatic carbocycles. The van der Waals surface area contributed by atoms with E-state index in [2.05, 4.69) is 0 Å². The number of carboxylic acid groups (broad SMARTS) is 1. The SMILES string of the molecule is CC(=O)O.IOc1ccccc1. The van der Waals surface area contributed by atoms with Crippen LogP contribution in [0.4, 0.5) is 0 Å². The van der Waals surface area contributed by atoms with Gasteiger partial charge in [-0.25, -0.2) is 0 Å². The maximum Gasteiger partial charge on any atom is 0.300 e. The van der Waals surface area contributed by atoms with Crippen LogP contribution in [0.5, 0.6) is 5.75 Å². The molecule has 12 heavy (non-hydrogen) atoms. The number of hydrogen-bond donors (Lipinski definition) is 1. The highest BCUT2D eigenvalue weighted by Crippen LogP contribution is 2.10. The Balaban J connectivity index is 0.000000261. The van der Waals surface area contributed by atoms with Crippen LogP contribution in [-0.4, -0.2) is 11.1 Å². The Morgan fingerprint density at radius 2 is 1.83 bits per heavy atom. The summed E-state index contributed by atoms with van der Waals surface area (Å²) in [5, 5.41) is 7.42. The predicted molar refractivity (Wildman–Crippen MR) is 54.4 cm³/mol. The number of benzene rings is 1. The lowest BCUT2D eigenvalue weighted by atomic mass is 10.3. The number of rotatable bonds is 1. The zero-order valence-corrected chi connectivity index (χ0v) is 8.69. The molecule has 1 N–H and O–H groups in total. The number of aliphatic carboxylic acids is 1. The third-order valence-electron chi connectivity index (χ3n) is 0.832. The Labute approximate surface area is 85.0 Å². The van der Waals surface area contributed by atoms with Crippen molar-refractivity contribution in [1.82, 2.24) is 0 Å². The van der Waals surface area contributed by atoms with E-state index in [0.717, 1.165) is 12.7 Å². The molecule has 0 atom stereocenters. The Kier molecular flexibility index (Phi) is 6.45. The fraction of sp³-hybridized carbons (Fsp3) is 0.125. The normalized spacial score (nSPS) is 7.83. The lowest BCUT2D eigenvalue weighted by Gasteiger charge is -1.90. The molecule has 0 saturated heterocycles. The minimum absolute atomic E-state index is 0.833. The van der Waals surface area contributed by atoms with Crippen molar-refractivity contribution >= 4 is 29.0 Å². The van der Waals surface area contributed by atoms with E-state index in [4.69, 9.17) is 13.0 Å². The summed E-state index contributed by atoms with van der Waals surface area (Å²) in [6, 6.07) is 9.65. The summed E-state index contributed by atoms with van der Waals surface area (Å²) in [7, 11) is 0. The van der Waals surface area contributed by atoms with Gasteiger partial charge in [-0.3, -0.25) is 4.79 Å². The summed E-state index contributed by atoms with van der Waals surface area (Å²) in [5.41, 5.74) is 0. The molecular weight excluding hydrogens is 271 g/mol. The van der Waals surface area contributed by atoms with Gasteiger partial charge in [0.25, 0.3) is 5.97 Å². The highest BCUT2D eigenvalue weighted by Gasteiger charge is 1.82. The monoisotopic (exact) mass is 280 g/mol. The van der Waals surface area contributed by atoms with Crippen LogP contribution >= 0.6 is 23.0 Å². The van der Waals surface area contributed by atoms with E-state index in [9.17, 15) is 0 Å². The fourth-order valence-electron chi connectivity index (χ4n) is 0.472. The highest BCUT2D eigenvalue weighted by molar-refractivity contribution is 14.1. The Morgan fingerprint density at radius 1 is 1.42 bits per heavy atom. The third kappa shape index (κ3) is 7.33. The summed E-state index contributed by atoms with van der Waals surface area (Å²) in [6.45, 7) is 1.08. The molecule has 0 aliphatic rings. The van der Waals surface area contributed by atoms with Gasteiger partial charge in [0.05, 0.1) is 0 Å². The molecule has 0 spiro atoms. The molecule has 0 unspecified atom stereocenters. The summed E-state index contributed by atoms with van der Waals surface area (Å²) in [5.74, 6) is 0.0631. The number of carbonyl (C=O) groups is 1. The van der Waals surface area contributed by atoms with E-state index in [1.807, 2.05) is 53.3 Å². The molecule has 0 aliphatic heterocycles. The standard InChI is InChI=1S/C6H5IO.C2H4O2/c7-8-6-4-2-1-3-5-6;1-2(3)4/h1-5H;1H3,(H,3,4). The third-order valence-corrected chi connectivity index (χ3v) is 1.34. The van der Waals surface area contributed by atoms with Crippen LogP contribution < -0.4 is 3.07 Å². The van der Waals surface area contributed by atoms with Gasteiger partial charge in [-0.05, 0) is 12.1 Å². The molecule has 0 heterocycles. The van der Waals surface area contributed by atoms with Crippen molar-refractivity contribution in [2.45, 2.75) is 6.92 Å². The lowest BCUT2D eigenvalue weighted by molar-refractivity contribution is -0.134. The van der Waals surface area contributed by atoms with E-state index in [1.54, 1.807) is 0 Å². The Bertz CT molecular complexity index is 219. The maximum absolute atomic E-state index is 9.00. The van der Waals surface area contributed by atoms with Gasteiger partial charge in [0.1, 0.15) is 5.75 Å². The lowest BCUT2D eigenvalue weighted by Crippen LogP contribution is -1.78. The van der Waals surface area contributed by atoms with Crippen LogP contribution in [0.25, 0.3) is 0 Å². The molecular formula is C8H9IO3. The van der Waals surface area contributed by atoms with Gasteiger partial charge in [-0.1, -0.05) is 18.2 Å². The summed E-state index contributed by atoms with van der Waals surface area (Å²) >= 11 is 1.85. The average molecular weight is 280 g/mol. The first-order chi connectivity index (χ1) is 5.66. The van der Waals surface area contributed by atoms with Crippen molar-refractivity contribution in [1.29, 1.82) is 0 Å². The fourth-order valence-corrected chi connectivity index (χ4v) is 0.766. The van der Waals surface area contributed by atoms with E-state index in [1.165, 1.54) is 0 Å². The highest BCUT2D eigenvalue weighted by atomic mass is 127. The van der Waals surface area contributed by atoms with Gasteiger partial charge in [-0.15, -0.1) is 0 Å². The van der Waals surface area contributed by atoms with E-state index in [0.29, 0.717) is 0 Å². The van der Waals surface area contributed by atoms with Gasteiger partial charge >= 0.3 is 0 Å². The van der Waals surface area contributed by atoms with Gasteiger partial charge in [-0.2, -0.15) is 0 Å². The number of carboxylic acids is 1. The maximum atomic E-state index is 9.00. The van der Waals surface area contributed by atoms with Gasteiger partial charge < -0.3 is 8.17 Å². The molecule has 0 amide bonds. The van der Waals surface area contributed by atoms with E-state index in [-0.39, 0.29) is 0 Å². The van der Waals surface area contributed by atoms with Crippen molar-refractivity contribution in [3.63, 3.8) is 0 Å². The van der Waals surface area contributed by atoms with Crippen molar-refractivity contribution < 1.29 is 13.0 Å². The zero-order valence-electron chi connectivity index (χ0n) is 6.53. The topological polar surface area (TPSA) is 46.5 Å². The smallest absolute Gasteiger partial charge is 0.300 e. The first kappa shape index (κ1) is 11.2. The van der Waals surface area contributed by atoms with Crippen LogP contribution in [0.15, 0.2) is 30.3 Å². The molecule has 66 valence electrons. The first-order valence-corrected chi connectivity index (χ1v) is 4.08. The molecule has 0 aromatic heterocycles. The predicted octanol–water partition coefficient (Wildman–Crippen LogP) is 2.51. The Morgan fingerprint density at radius 3 is 2.08 bits per heavy atom. The van der Waals surface area contributed by atoms with Crippen LogP contribution in [0.3, 0.4) is 0 Å². The molecule has 3 nitrogen and oxygen atoms in total. The van der Waals surface area contributed by atoms with E-state index >= 15 is 0 Å². The van der Waals surface area contributed by atoms with Crippen LogP contribution in [0.2, 0.25) is 0 Å². The van der Waals surface area contributed by atoms with Crippen LogP contribution in [0.1, 0.15) is 6.92 Å². The average Bonchev–Trinajstić information content (AvgIpc) is 2.05. The van der Waals surface area contributed by atoms with Crippen molar-refractivity contribution in [3.05, 3.63) is 30.3 Å². The van der Waals surface area contributed by atoms with Crippen molar-refractivity contribution in [2.75, 3.05) is 0 Å². The first-order valence-electron chi connectivity index (χ1n) is 3.20. The molecule has 0 fully saturated rings. The molecule has 0 bridgehead atoms. The van der Waals surface area contributed by atoms with Gasteiger partial charge in [0.2, 0.25) is 0 Å². The van der Waals surface area contributed by atoms with Gasteiger partial charge in [0, 0.05) is 6.92 Å². The van der Waals surface area contributed by atoms with E-state index < -0.39 is 5.97 Å². The summed E-state index contributed by atoms with van der Waals surface area (Å²) in [4.78, 5) is 9.00. The molecule has 1 aromatic carbocycles. The molecule has 4 heteroatoms. The van der Waals surface area contributed by atoms with Crippen LogP contribution in [-0.2, 0) is 4.79 Å². The molecule has 0 saturated carbocycles. The second-order valence-electron chi connectivity index (χ2n) is 1.91. The second kappa shape index (κ2) is 6.90. The zero-order chi connectivity index (χ0) is 9.40. The Hall–Kier alpha value is -0.780. The molecule has 0 radical (unpaired) electrons. The molecule has 1 aromatic rings. The minimum Gasteiger partial charge on any atom is -0.481 e. The number of hydrogen-bond acceptors (Lipinski definition) is 2. The number of para-hydroxylation sites is 1. The summed E-state index contributed by atoms with van der Waals surface area (Å²) < 4.78 is 4.88. The number of halogens is 1. The second-order valence-corrected chi connectivity index (χ2v) is 2.35.